The summed E-state index contributed by atoms with van der Waals surface area (Å²) in [4.78, 5) is 0. The lowest BCUT2D eigenvalue weighted by atomic mass is 9.92. The first-order valence-electron chi connectivity index (χ1n) is 8.69. The van der Waals surface area contributed by atoms with E-state index in [0.29, 0.717) is 5.92 Å². The third-order valence-corrected chi connectivity index (χ3v) is 9.78. The number of rotatable bonds is 12. The normalized spacial score (nSPS) is 14.6. The van der Waals surface area contributed by atoms with Crippen molar-refractivity contribution in [3.8, 4) is 0 Å². The molecule has 0 aromatic rings. The molecule has 3 heteroatoms. The highest BCUT2D eigenvalue weighted by molar-refractivity contribution is 6.70. The molecule has 0 amide bonds. The van der Waals surface area contributed by atoms with Crippen molar-refractivity contribution in [2.24, 2.45) is 5.92 Å². The highest BCUT2D eigenvalue weighted by atomic mass is 28.4. The van der Waals surface area contributed by atoms with E-state index in [9.17, 15) is 0 Å². The van der Waals surface area contributed by atoms with E-state index >= 15 is 0 Å². The molecule has 2 nitrogen and oxygen atoms in total. The van der Waals surface area contributed by atoms with Crippen LogP contribution in [0.4, 0.5) is 0 Å². The first-order valence-corrected chi connectivity index (χ1v) is 10.7. The molecule has 0 aliphatic rings. The van der Waals surface area contributed by atoms with Crippen molar-refractivity contribution in [3.63, 3.8) is 0 Å². The van der Waals surface area contributed by atoms with Gasteiger partial charge in [0.25, 0.3) is 0 Å². The van der Waals surface area contributed by atoms with E-state index in [0.717, 1.165) is 19.3 Å². The smallest absolute Gasteiger partial charge is 0.344 e. The fourth-order valence-corrected chi connectivity index (χ4v) is 7.43. The van der Waals surface area contributed by atoms with Crippen molar-refractivity contribution in [1.82, 2.24) is 0 Å². The van der Waals surface area contributed by atoms with Gasteiger partial charge in [-0.2, -0.15) is 0 Å². The summed E-state index contributed by atoms with van der Waals surface area (Å²) in [5.74, 6) is 0.652. The molecule has 0 radical (unpaired) electrons. The minimum Gasteiger partial charge on any atom is -0.394 e. The van der Waals surface area contributed by atoms with Crippen LogP contribution in [0.3, 0.4) is 0 Å². The van der Waals surface area contributed by atoms with Crippen LogP contribution in [-0.4, -0.2) is 21.8 Å². The average molecular weight is 303 g/mol. The summed E-state index contributed by atoms with van der Waals surface area (Å²) in [5.41, 5.74) is 0. The number of unbranched alkanes of at least 4 members (excludes halogenated alkanes) is 2. The zero-order chi connectivity index (χ0) is 15.6. The SMILES string of the molecule is CCCCC[Si](OCC)(OCC)C(C)(C)C(C)CCC. The molecule has 20 heavy (non-hydrogen) atoms. The Morgan fingerprint density at radius 2 is 1.45 bits per heavy atom. The van der Waals surface area contributed by atoms with Crippen LogP contribution in [0.5, 0.6) is 0 Å². The van der Waals surface area contributed by atoms with E-state index < -0.39 is 8.56 Å². The molecule has 0 aliphatic carbocycles. The standard InChI is InChI=1S/C17H38O2Si/c1-8-12-13-15-20(18-10-3,19-11-4)17(6,7)16(5)14-9-2/h16H,8-15H2,1-7H3. The number of hydrogen-bond acceptors (Lipinski definition) is 2. The Morgan fingerprint density at radius 3 is 1.85 bits per heavy atom. The fraction of sp³-hybridized carbons (Fsp3) is 1.00. The molecular weight excluding hydrogens is 264 g/mol. The van der Waals surface area contributed by atoms with Gasteiger partial charge in [-0.05, 0) is 25.8 Å². The molecule has 0 aromatic heterocycles. The monoisotopic (exact) mass is 302 g/mol. The molecule has 1 unspecified atom stereocenters. The van der Waals surface area contributed by atoms with Crippen LogP contribution in [-0.2, 0) is 8.85 Å². The third-order valence-electron chi connectivity index (χ3n) is 4.80. The van der Waals surface area contributed by atoms with Crippen molar-refractivity contribution in [2.45, 2.75) is 91.7 Å². The molecule has 0 bridgehead atoms. The largest absolute Gasteiger partial charge is 0.394 e. The van der Waals surface area contributed by atoms with Gasteiger partial charge in [0.2, 0.25) is 0 Å². The lowest BCUT2D eigenvalue weighted by Crippen LogP contribution is -2.54. The van der Waals surface area contributed by atoms with Crippen LogP contribution in [0, 0.1) is 5.92 Å². The fourth-order valence-electron chi connectivity index (χ4n) is 3.12. The van der Waals surface area contributed by atoms with Gasteiger partial charge in [-0.15, -0.1) is 0 Å². The van der Waals surface area contributed by atoms with Gasteiger partial charge in [-0.1, -0.05) is 66.7 Å². The van der Waals surface area contributed by atoms with Gasteiger partial charge in [0.05, 0.1) is 0 Å². The van der Waals surface area contributed by atoms with Crippen LogP contribution < -0.4 is 0 Å². The Labute approximate surface area is 128 Å². The van der Waals surface area contributed by atoms with Crippen molar-refractivity contribution in [2.75, 3.05) is 13.2 Å². The topological polar surface area (TPSA) is 18.5 Å². The maximum Gasteiger partial charge on any atom is 0.344 e. The Balaban J connectivity index is 5.20. The summed E-state index contributed by atoms with van der Waals surface area (Å²) in [7, 11) is -2.16. The zero-order valence-electron chi connectivity index (χ0n) is 15.1. The molecule has 0 N–H and O–H groups in total. The van der Waals surface area contributed by atoms with E-state index in [2.05, 4.69) is 48.5 Å². The van der Waals surface area contributed by atoms with E-state index in [1.165, 1.54) is 32.1 Å². The summed E-state index contributed by atoms with van der Waals surface area (Å²) >= 11 is 0. The van der Waals surface area contributed by atoms with Gasteiger partial charge in [-0.25, -0.2) is 0 Å². The van der Waals surface area contributed by atoms with Crippen molar-refractivity contribution >= 4 is 8.56 Å². The quantitative estimate of drug-likeness (QED) is 0.329. The zero-order valence-corrected chi connectivity index (χ0v) is 16.1. The molecule has 0 saturated heterocycles. The minimum absolute atomic E-state index is 0.169. The molecule has 0 saturated carbocycles. The van der Waals surface area contributed by atoms with Gasteiger partial charge in [0.15, 0.2) is 0 Å². The van der Waals surface area contributed by atoms with Crippen LogP contribution in [0.25, 0.3) is 0 Å². The maximum absolute atomic E-state index is 6.37. The highest BCUT2D eigenvalue weighted by Crippen LogP contribution is 2.49. The van der Waals surface area contributed by atoms with E-state index in [4.69, 9.17) is 8.85 Å². The Morgan fingerprint density at radius 1 is 0.900 bits per heavy atom. The molecule has 1 atom stereocenters. The molecule has 0 aliphatic heterocycles. The van der Waals surface area contributed by atoms with Gasteiger partial charge in [-0.3, -0.25) is 0 Å². The first-order chi connectivity index (χ1) is 9.41. The van der Waals surface area contributed by atoms with Crippen molar-refractivity contribution in [3.05, 3.63) is 0 Å². The van der Waals surface area contributed by atoms with Gasteiger partial charge in [0.1, 0.15) is 0 Å². The highest BCUT2D eigenvalue weighted by Gasteiger charge is 2.53. The molecule has 0 aromatic carbocycles. The summed E-state index contributed by atoms with van der Waals surface area (Å²) in [5, 5.41) is 0.169. The predicted molar refractivity (Wildman–Crippen MR) is 91.5 cm³/mol. The molecule has 0 rings (SSSR count). The summed E-state index contributed by atoms with van der Waals surface area (Å²) in [6.45, 7) is 17.5. The molecule has 0 fully saturated rings. The second-order valence-electron chi connectivity index (χ2n) is 6.49. The van der Waals surface area contributed by atoms with Gasteiger partial charge >= 0.3 is 8.56 Å². The minimum atomic E-state index is -2.16. The van der Waals surface area contributed by atoms with Crippen LogP contribution >= 0.6 is 0 Å². The summed E-state index contributed by atoms with van der Waals surface area (Å²) < 4.78 is 12.7. The van der Waals surface area contributed by atoms with Gasteiger partial charge < -0.3 is 8.85 Å². The van der Waals surface area contributed by atoms with E-state index in [-0.39, 0.29) is 5.04 Å². The predicted octanol–water partition coefficient (Wildman–Crippen LogP) is 5.91. The molecule has 0 spiro atoms. The van der Waals surface area contributed by atoms with E-state index in [1.807, 2.05) is 0 Å². The van der Waals surface area contributed by atoms with E-state index in [1.54, 1.807) is 0 Å². The summed E-state index contributed by atoms with van der Waals surface area (Å²) in [6, 6.07) is 1.14. The lowest BCUT2D eigenvalue weighted by molar-refractivity contribution is 0.139. The van der Waals surface area contributed by atoms with Crippen LogP contribution in [0.2, 0.25) is 11.1 Å². The second kappa shape index (κ2) is 9.96. The first kappa shape index (κ1) is 20.1. The van der Waals surface area contributed by atoms with Crippen molar-refractivity contribution < 1.29 is 8.85 Å². The molecule has 0 heterocycles. The average Bonchev–Trinajstić information content (AvgIpc) is 2.39. The van der Waals surface area contributed by atoms with Crippen LogP contribution in [0.1, 0.15) is 80.6 Å². The lowest BCUT2D eigenvalue weighted by Gasteiger charge is -2.46. The van der Waals surface area contributed by atoms with Crippen molar-refractivity contribution in [1.29, 1.82) is 0 Å². The molecule has 122 valence electrons. The van der Waals surface area contributed by atoms with Crippen LogP contribution in [0.15, 0.2) is 0 Å². The Kier molecular flexibility index (Phi) is 10.0. The second-order valence-corrected chi connectivity index (χ2v) is 10.4. The van der Waals surface area contributed by atoms with Gasteiger partial charge in [0, 0.05) is 18.3 Å². The Bertz CT molecular complexity index is 235. The third kappa shape index (κ3) is 5.16. The maximum atomic E-state index is 6.37. The number of hydrogen-bond donors (Lipinski definition) is 0. The summed E-state index contributed by atoms with van der Waals surface area (Å²) in [6.07, 6.45) is 6.28. The molecular formula is C17H38O2Si. The Hall–Kier alpha value is 0.137.